The summed E-state index contributed by atoms with van der Waals surface area (Å²) in [7, 11) is -3.45. The molecule has 1 rings (SSSR count). The smallest absolute Gasteiger partial charge is 0.242 e. The molecule has 3 N–H and O–H groups in total. The van der Waals surface area contributed by atoms with Crippen LogP contribution in [0.25, 0.3) is 0 Å². The number of aromatic nitrogens is 1. The van der Waals surface area contributed by atoms with Crippen LogP contribution in [0.1, 0.15) is 46.2 Å². The Morgan fingerprint density at radius 2 is 2.00 bits per heavy atom. The molecule has 0 aromatic carbocycles. The molecular formula is C13H25N3O2S. The molecule has 0 bridgehead atoms. The summed E-state index contributed by atoms with van der Waals surface area (Å²) in [5, 5.41) is 3.23. The normalized spacial score (nSPS) is 12.8. The Morgan fingerprint density at radius 3 is 2.58 bits per heavy atom. The number of H-pyrrole nitrogens is 1. The van der Waals surface area contributed by atoms with Crippen LogP contribution < -0.4 is 10.0 Å². The fraction of sp³-hybridized carbons (Fsp3) is 0.692. The van der Waals surface area contributed by atoms with Gasteiger partial charge in [-0.25, -0.2) is 13.1 Å². The molecule has 1 heterocycles. The van der Waals surface area contributed by atoms with Gasteiger partial charge in [-0.3, -0.25) is 0 Å². The zero-order chi connectivity index (χ0) is 14.5. The Bertz CT molecular complexity index is 492. The van der Waals surface area contributed by atoms with Crippen molar-refractivity contribution in [3.8, 4) is 0 Å². The third-order valence-corrected chi connectivity index (χ3v) is 4.74. The summed E-state index contributed by atoms with van der Waals surface area (Å²) in [6, 6.07) is 1.68. The van der Waals surface area contributed by atoms with Gasteiger partial charge in [0.1, 0.15) is 0 Å². The van der Waals surface area contributed by atoms with Gasteiger partial charge in [0.15, 0.2) is 0 Å². The molecular weight excluding hydrogens is 262 g/mol. The quantitative estimate of drug-likeness (QED) is 0.640. The van der Waals surface area contributed by atoms with Gasteiger partial charge < -0.3 is 10.3 Å². The topological polar surface area (TPSA) is 74.0 Å². The van der Waals surface area contributed by atoms with E-state index in [2.05, 4.69) is 21.9 Å². The van der Waals surface area contributed by atoms with Crippen molar-refractivity contribution < 1.29 is 8.42 Å². The predicted molar refractivity (Wildman–Crippen MR) is 77.5 cm³/mol. The van der Waals surface area contributed by atoms with E-state index in [9.17, 15) is 8.42 Å². The van der Waals surface area contributed by atoms with Crippen LogP contribution in [0, 0.1) is 0 Å². The largest absolute Gasteiger partial charge is 0.363 e. The van der Waals surface area contributed by atoms with Crippen molar-refractivity contribution in [1.29, 1.82) is 0 Å². The van der Waals surface area contributed by atoms with Crippen LogP contribution in [-0.4, -0.2) is 25.5 Å². The molecule has 19 heavy (non-hydrogen) atoms. The fourth-order valence-corrected chi connectivity index (χ4v) is 3.07. The SMILES string of the molecule is CCCNCc1cc(S(=O)(=O)NC(C)(C)CC)c[nH]1. The number of hydrogen-bond donors (Lipinski definition) is 3. The predicted octanol–water partition coefficient (Wildman–Crippen LogP) is 1.98. The second-order valence-corrected chi connectivity index (χ2v) is 7.06. The van der Waals surface area contributed by atoms with Crippen molar-refractivity contribution in [1.82, 2.24) is 15.0 Å². The van der Waals surface area contributed by atoms with E-state index < -0.39 is 15.6 Å². The molecule has 0 saturated carbocycles. The second kappa shape index (κ2) is 6.54. The molecule has 0 saturated heterocycles. The van der Waals surface area contributed by atoms with Crippen LogP contribution in [-0.2, 0) is 16.6 Å². The second-order valence-electron chi connectivity index (χ2n) is 5.38. The zero-order valence-corrected chi connectivity index (χ0v) is 13.0. The Balaban J connectivity index is 2.74. The van der Waals surface area contributed by atoms with Gasteiger partial charge in [0, 0.05) is 24.0 Å². The molecule has 0 fully saturated rings. The molecule has 5 nitrogen and oxygen atoms in total. The summed E-state index contributed by atoms with van der Waals surface area (Å²) < 4.78 is 27.1. The van der Waals surface area contributed by atoms with Gasteiger partial charge in [-0.15, -0.1) is 0 Å². The molecule has 0 aliphatic rings. The fourth-order valence-electron chi connectivity index (χ4n) is 1.57. The Morgan fingerprint density at radius 1 is 1.32 bits per heavy atom. The van der Waals surface area contributed by atoms with E-state index in [0.717, 1.165) is 25.1 Å². The van der Waals surface area contributed by atoms with E-state index in [0.29, 0.717) is 11.4 Å². The number of sulfonamides is 1. The first-order chi connectivity index (χ1) is 8.80. The number of aromatic amines is 1. The molecule has 1 aromatic heterocycles. The molecule has 0 unspecified atom stereocenters. The maximum Gasteiger partial charge on any atom is 0.242 e. The zero-order valence-electron chi connectivity index (χ0n) is 12.2. The first kappa shape index (κ1) is 16.2. The van der Waals surface area contributed by atoms with Gasteiger partial charge in [0.05, 0.1) is 4.90 Å². The van der Waals surface area contributed by atoms with Crippen molar-refractivity contribution in [3.05, 3.63) is 18.0 Å². The maximum absolute atomic E-state index is 12.2. The van der Waals surface area contributed by atoms with Gasteiger partial charge in [-0.2, -0.15) is 0 Å². The van der Waals surface area contributed by atoms with E-state index in [1.165, 1.54) is 6.20 Å². The summed E-state index contributed by atoms with van der Waals surface area (Å²) >= 11 is 0. The number of rotatable bonds is 8. The summed E-state index contributed by atoms with van der Waals surface area (Å²) in [6.07, 6.45) is 3.33. The lowest BCUT2D eigenvalue weighted by molar-refractivity contribution is 0.439. The van der Waals surface area contributed by atoms with Crippen LogP contribution in [0.2, 0.25) is 0 Å². The molecule has 0 radical (unpaired) electrons. The molecule has 6 heteroatoms. The summed E-state index contributed by atoms with van der Waals surface area (Å²) in [6.45, 7) is 9.37. The highest BCUT2D eigenvalue weighted by molar-refractivity contribution is 7.89. The highest BCUT2D eigenvalue weighted by atomic mass is 32.2. The van der Waals surface area contributed by atoms with Gasteiger partial charge in [-0.05, 0) is 39.3 Å². The number of hydrogen-bond acceptors (Lipinski definition) is 3. The first-order valence-electron chi connectivity index (χ1n) is 6.72. The number of nitrogens with one attached hydrogen (secondary N) is 3. The minimum absolute atomic E-state index is 0.294. The van der Waals surface area contributed by atoms with Crippen LogP contribution in [0.5, 0.6) is 0 Å². The van der Waals surface area contributed by atoms with Gasteiger partial charge in [0.2, 0.25) is 10.0 Å². The van der Waals surface area contributed by atoms with Gasteiger partial charge in [0.25, 0.3) is 0 Å². The van der Waals surface area contributed by atoms with Crippen LogP contribution in [0.3, 0.4) is 0 Å². The molecule has 0 aliphatic carbocycles. The monoisotopic (exact) mass is 287 g/mol. The molecule has 0 atom stereocenters. The summed E-state index contributed by atoms with van der Waals surface area (Å²) in [5.41, 5.74) is 0.444. The average Bonchev–Trinajstić information content (AvgIpc) is 2.78. The van der Waals surface area contributed by atoms with Crippen molar-refractivity contribution in [2.24, 2.45) is 0 Å². The van der Waals surface area contributed by atoms with E-state index >= 15 is 0 Å². The van der Waals surface area contributed by atoms with Gasteiger partial charge in [-0.1, -0.05) is 13.8 Å². The van der Waals surface area contributed by atoms with Crippen molar-refractivity contribution in [3.63, 3.8) is 0 Å². The van der Waals surface area contributed by atoms with Crippen LogP contribution in [0.4, 0.5) is 0 Å². The van der Waals surface area contributed by atoms with Gasteiger partial charge >= 0.3 is 0 Å². The highest BCUT2D eigenvalue weighted by Gasteiger charge is 2.25. The lowest BCUT2D eigenvalue weighted by Gasteiger charge is -2.23. The minimum Gasteiger partial charge on any atom is -0.363 e. The Kier molecular flexibility index (Phi) is 5.58. The third kappa shape index (κ3) is 4.97. The van der Waals surface area contributed by atoms with Crippen molar-refractivity contribution in [2.45, 2.75) is 57.5 Å². The molecule has 110 valence electrons. The third-order valence-electron chi connectivity index (χ3n) is 3.06. The average molecular weight is 287 g/mol. The van der Waals surface area contributed by atoms with E-state index in [-0.39, 0.29) is 0 Å². The summed E-state index contributed by atoms with van der Waals surface area (Å²) in [4.78, 5) is 3.29. The lowest BCUT2D eigenvalue weighted by atomic mass is 10.0. The van der Waals surface area contributed by atoms with Crippen molar-refractivity contribution >= 4 is 10.0 Å². The van der Waals surface area contributed by atoms with E-state index in [4.69, 9.17) is 0 Å². The Labute approximate surface area is 116 Å². The maximum atomic E-state index is 12.2. The summed E-state index contributed by atoms with van der Waals surface area (Å²) in [5.74, 6) is 0. The van der Waals surface area contributed by atoms with E-state index in [1.54, 1.807) is 6.07 Å². The molecule has 0 spiro atoms. The standard InChI is InChI=1S/C13H25N3O2S/c1-5-7-14-9-11-8-12(10-15-11)19(17,18)16-13(3,4)6-2/h8,10,14-16H,5-7,9H2,1-4H3. The Hall–Kier alpha value is -0.850. The van der Waals surface area contributed by atoms with Crippen molar-refractivity contribution in [2.75, 3.05) is 6.54 Å². The molecule has 0 amide bonds. The highest BCUT2D eigenvalue weighted by Crippen LogP contribution is 2.16. The lowest BCUT2D eigenvalue weighted by Crippen LogP contribution is -2.42. The molecule has 0 aliphatic heterocycles. The van der Waals surface area contributed by atoms with E-state index in [1.807, 2.05) is 20.8 Å². The minimum atomic E-state index is -3.45. The first-order valence-corrected chi connectivity index (χ1v) is 8.21. The van der Waals surface area contributed by atoms with Crippen LogP contribution in [0.15, 0.2) is 17.2 Å². The van der Waals surface area contributed by atoms with Crippen LogP contribution >= 0.6 is 0 Å². The molecule has 1 aromatic rings.